The third-order valence-electron chi connectivity index (χ3n) is 5.45. The van der Waals surface area contributed by atoms with Crippen LogP contribution < -0.4 is 0 Å². The fraction of sp³-hybridized carbons (Fsp3) is 0.882. The van der Waals surface area contributed by atoms with Gasteiger partial charge in [0.05, 0.1) is 12.6 Å². The van der Waals surface area contributed by atoms with Gasteiger partial charge in [-0.15, -0.1) is 0 Å². The van der Waals surface area contributed by atoms with Crippen molar-refractivity contribution in [3.63, 3.8) is 0 Å². The number of rotatable bonds is 3. The number of amides is 2. The molecule has 0 spiro atoms. The highest BCUT2D eigenvalue weighted by Crippen LogP contribution is 2.22. The van der Waals surface area contributed by atoms with Crippen LogP contribution in [-0.4, -0.2) is 83.3 Å². The van der Waals surface area contributed by atoms with E-state index >= 15 is 0 Å². The van der Waals surface area contributed by atoms with Crippen LogP contribution in [0.1, 0.15) is 32.6 Å². The monoisotopic (exact) mass is 339 g/mol. The maximum Gasteiger partial charge on any atom is 0.239 e. The molecule has 2 amide bonds. The zero-order valence-corrected chi connectivity index (χ0v) is 15.0. The normalized spacial score (nSPS) is 27.4. The van der Waals surface area contributed by atoms with Gasteiger partial charge in [-0.2, -0.15) is 11.8 Å². The Hall–Kier alpha value is -0.750. The first-order chi connectivity index (χ1) is 11.1. The van der Waals surface area contributed by atoms with Crippen LogP contribution in [0.15, 0.2) is 0 Å². The van der Waals surface area contributed by atoms with Crippen molar-refractivity contribution in [3.8, 4) is 0 Å². The number of likely N-dealkylation sites (tertiary alicyclic amines) is 2. The molecule has 0 N–H and O–H groups in total. The van der Waals surface area contributed by atoms with Crippen molar-refractivity contribution < 1.29 is 9.59 Å². The Morgan fingerprint density at radius 3 is 2.35 bits per heavy atom. The SMILES string of the molecule is CC1CCN(C(=O)CN2CCC[C@@H]2C(=O)N2CCSCC2)CC1. The van der Waals surface area contributed by atoms with Gasteiger partial charge in [-0.05, 0) is 38.1 Å². The molecule has 130 valence electrons. The Morgan fingerprint density at radius 1 is 0.957 bits per heavy atom. The number of thioether (sulfide) groups is 1. The molecule has 3 rings (SSSR count). The summed E-state index contributed by atoms with van der Waals surface area (Å²) in [4.78, 5) is 31.5. The summed E-state index contributed by atoms with van der Waals surface area (Å²) in [5.41, 5.74) is 0. The second-order valence-electron chi connectivity index (χ2n) is 7.13. The minimum atomic E-state index is -0.0641. The van der Waals surface area contributed by atoms with Gasteiger partial charge in [0.25, 0.3) is 0 Å². The maximum atomic E-state index is 12.8. The van der Waals surface area contributed by atoms with Crippen LogP contribution in [0.2, 0.25) is 0 Å². The molecule has 0 aromatic carbocycles. The molecule has 3 aliphatic rings. The molecule has 0 aromatic rings. The number of piperidine rings is 1. The summed E-state index contributed by atoms with van der Waals surface area (Å²) in [5.74, 6) is 3.29. The van der Waals surface area contributed by atoms with Gasteiger partial charge in [0.15, 0.2) is 0 Å². The summed E-state index contributed by atoms with van der Waals surface area (Å²) >= 11 is 1.92. The number of carbonyl (C=O) groups is 2. The van der Waals surface area contributed by atoms with Crippen molar-refractivity contribution in [2.24, 2.45) is 5.92 Å². The first-order valence-corrected chi connectivity index (χ1v) is 10.2. The second-order valence-corrected chi connectivity index (χ2v) is 8.35. The van der Waals surface area contributed by atoms with Crippen molar-refractivity contribution >= 4 is 23.6 Å². The average molecular weight is 340 g/mol. The molecule has 6 heteroatoms. The molecule has 0 bridgehead atoms. The van der Waals surface area contributed by atoms with Crippen LogP contribution in [0.5, 0.6) is 0 Å². The van der Waals surface area contributed by atoms with E-state index in [4.69, 9.17) is 0 Å². The molecule has 3 fully saturated rings. The molecule has 5 nitrogen and oxygen atoms in total. The molecule has 1 atom stereocenters. The first-order valence-electron chi connectivity index (χ1n) is 9.03. The van der Waals surface area contributed by atoms with Crippen LogP contribution >= 0.6 is 11.8 Å². The zero-order valence-electron chi connectivity index (χ0n) is 14.2. The van der Waals surface area contributed by atoms with Gasteiger partial charge in [-0.25, -0.2) is 0 Å². The molecular weight excluding hydrogens is 310 g/mol. The molecule has 3 heterocycles. The van der Waals surface area contributed by atoms with Crippen molar-refractivity contribution in [1.29, 1.82) is 0 Å². The summed E-state index contributed by atoms with van der Waals surface area (Å²) in [5, 5.41) is 0. The van der Waals surface area contributed by atoms with E-state index in [0.29, 0.717) is 6.54 Å². The van der Waals surface area contributed by atoms with Crippen LogP contribution in [0, 0.1) is 5.92 Å². The topological polar surface area (TPSA) is 43.9 Å². The smallest absolute Gasteiger partial charge is 0.239 e. The lowest BCUT2D eigenvalue weighted by Crippen LogP contribution is -2.51. The van der Waals surface area contributed by atoms with Crippen LogP contribution in [0.25, 0.3) is 0 Å². The van der Waals surface area contributed by atoms with Crippen molar-refractivity contribution in [2.75, 3.05) is 50.8 Å². The van der Waals surface area contributed by atoms with Gasteiger partial charge in [-0.3, -0.25) is 14.5 Å². The van der Waals surface area contributed by atoms with Crippen LogP contribution in [0.4, 0.5) is 0 Å². The third-order valence-corrected chi connectivity index (χ3v) is 6.39. The quantitative estimate of drug-likeness (QED) is 0.777. The lowest BCUT2D eigenvalue weighted by atomic mass is 9.99. The van der Waals surface area contributed by atoms with Gasteiger partial charge in [0, 0.05) is 37.7 Å². The van der Waals surface area contributed by atoms with E-state index < -0.39 is 0 Å². The van der Waals surface area contributed by atoms with Gasteiger partial charge in [0.2, 0.25) is 11.8 Å². The van der Waals surface area contributed by atoms with Crippen molar-refractivity contribution in [3.05, 3.63) is 0 Å². The van der Waals surface area contributed by atoms with E-state index in [2.05, 4.69) is 11.8 Å². The highest BCUT2D eigenvalue weighted by Gasteiger charge is 2.35. The number of hydrogen-bond donors (Lipinski definition) is 0. The van der Waals surface area contributed by atoms with E-state index in [1.165, 1.54) is 0 Å². The molecule has 3 saturated heterocycles. The number of nitrogens with zero attached hydrogens (tertiary/aromatic N) is 3. The minimum Gasteiger partial charge on any atom is -0.342 e. The molecule has 0 unspecified atom stereocenters. The summed E-state index contributed by atoms with van der Waals surface area (Å²) in [6, 6.07) is -0.0641. The van der Waals surface area contributed by atoms with Crippen molar-refractivity contribution in [1.82, 2.24) is 14.7 Å². The number of carbonyl (C=O) groups excluding carboxylic acids is 2. The van der Waals surface area contributed by atoms with Gasteiger partial charge < -0.3 is 9.80 Å². The highest BCUT2D eigenvalue weighted by atomic mass is 32.2. The molecule has 23 heavy (non-hydrogen) atoms. The van der Waals surface area contributed by atoms with E-state index in [1.54, 1.807) is 0 Å². The predicted molar refractivity (Wildman–Crippen MR) is 93.5 cm³/mol. The maximum absolute atomic E-state index is 12.8. The molecule has 0 radical (unpaired) electrons. The summed E-state index contributed by atoms with van der Waals surface area (Å²) in [7, 11) is 0. The third kappa shape index (κ3) is 4.21. The van der Waals surface area contributed by atoms with Gasteiger partial charge in [0.1, 0.15) is 0 Å². The Kier molecular flexibility index (Phi) is 5.85. The van der Waals surface area contributed by atoms with Crippen molar-refractivity contribution in [2.45, 2.75) is 38.6 Å². The molecule has 3 aliphatic heterocycles. The average Bonchev–Trinajstić information content (AvgIpc) is 3.03. The van der Waals surface area contributed by atoms with Crippen LogP contribution in [0.3, 0.4) is 0 Å². The molecule has 0 aliphatic carbocycles. The Balaban J connectivity index is 1.54. The zero-order chi connectivity index (χ0) is 16.2. The molecule has 0 aromatic heterocycles. The first kappa shape index (κ1) is 17.1. The lowest BCUT2D eigenvalue weighted by Gasteiger charge is -2.34. The van der Waals surface area contributed by atoms with Gasteiger partial charge in [-0.1, -0.05) is 6.92 Å². The summed E-state index contributed by atoms with van der Waals surface area (Å²) in [6.45, 7) is 7.07. The fourth-order valence-electron chi connectivity index (χ4n) is 3.82. The molecule has 0 saturated carbocycles. The van der Waals surface area contributed by atoms with E-state index in [9.17, 15) is 9.59 Å². The summed E-state index contributed by atoms with van der Waals surface area (Å²) < 4.78 is 0. The van der Waals surface area contributed by atoms with Gasteiger partial charge >= 0.3 is 0 Å². The minimum absolute atomic E-state index is 0.0641. The highest BCUT2D eigenvalue weighted by molar-refractivity contribution is 7.99. The predicted octanol–water partition coefficient (Wildman–Crippen LogP) is 1.28. The Labute approximate surface area is 143 Å². The Morgan fingerprint density at radius 2 is 1.65 bits per heavy atom. The van der Waals surface area contributed by atoms with Crippen LogP contribution in [-0.2, 0) is 9.59 Å². The fourth-order valence-corrected chi connectivity index (χ4v) is 4.72. The van der Waals surface area contributed by atoms with E-state index in [0.717, 1.165) is 75.8 Å². The van der Waals surface area contributed by atoms with E-state index in [1.807, 2.05) is 21.6 Å². The lowest BCUT2D eigenvalue weighted by molar-refractivity contribution is -0.138. The second kappa shape index (κ2) is 7.88. The summed E-state index contributed by atoms with van der Waals surface area (Å²) in [6.07, 6.45) is 4.16. The Bertz CT molecular complexity index is 432. The standard InChI is InChI=1S/C17H29N3O2S/c1-14-4-7-18(8-5-14)16(21)13-20-6-2-3-15(20)17(22)19-9-11-23-12-10-19/h14-15H,2-13H2,1H3/t15-/m1/s1. The van der Waals surface area contributed by atoms with E-state index in [-0.39, 0.29) is 17.9 Å². The molecular formula is C17H29N3O2S. The largest absolute Gasteiger partial charge is 0.342 e. The number of hydrogen-bond acceptors (Lipinski definition) is 4.